The lowest BCUT2D eigenvalue weighted by molar-refractivity contribution is -0.193. The number of carbonyl (C=O) groups is 3. The highest BCUT2D eigenvalue weighted by molar-refractivity contribution is 5.79. The topological polar surface area (TPSA) is 136 Å². The Balaban J connectivity index is 0.000000473. The second kappa shape index (κ2) is 14.5. The van der Waals surface area contributed by atoms with E-state index in [1.165, 1.54) is 5.56 Å². The summed E-state index contributed by atoms with van der Waals surface area (Å²) in [6.07, 6.45) is -8.56. The van der Waals surface area contributed by atoms with Gasteiger partial charge in [0.2, 0.25) is 5.91 Å². The van der Waals surface area contributed by atoms with E-state index in [1.54, 1.807) is 7.11 Å². The van der Waals surface area contributed by atoms with Crippen LogP contribution in [0.3, 0.4) is 0 Å². The first-order chi connectivity index (χ1) is 18.4. The van der Waals surface area contributed by atoms with Crippen LogP contribution >= 0.6 is 0 Å². The number of aromatic amines is 1. The van der Waals surface area contributed by atoms with Crippen LogP contribution in [0.1, 0.15) is 25.1 Å². The second-order valence-corrected chi connectivity index (χ2v) is 8.73. The summed E-state index contributed by atoms with van der Waals surface area (Å²) in [4.78, 5) is 34.5. The molecular formula is C24H30F6N4O6. The van der Waals surface area contributed by atoms with E-state index in [-0.39, 0.29) is 5.91 Å². The minimum absolute atomic E-state index is 0.193. The zero-order valence-corrected chi connectivity index (χ0v) is 22.1. The van der Waals surface area contributed by atoms with Crippen LogP contribution in [0, 0.1) is 0 Å². The van der Waals surface area contributed by atoms with E-state index in [4.69, 9.17) is 24.5 Å². The molecule has 0 radical (unpaired) electrons. The molecule has 0 unspecified atom stereocenters. The Bertz CT molecular complexity index is 1130. The largest absolute Gasteiger partial charge is 0.496 e. The number of nitrogens with one attached hydrogen (secondary N) is 1. The number of methoxy groups -OCH3 is 1. The van der Waals surface area contributed by atoms with E-state index >= 15 is 0 Å². The van der Waals surface area contributed by atoms with Crippen molar-refractivity contribution in [3.05, 3.63) is 35.5 Å². The van der Waals surface area contributed by atoms with E-state index < -0.39 is 24.3 Å². The van der Waals surface area contributed by atoms with Crippen molar-refractivity contribution in [3.63, 3.8) is 0 Å². The molecule has 3 rings (SSSR count). The summed E-state index contributed by atoms with van der Waals surface area (Å²) >= 11 is 0. The maximum absolute atomic E-state index is 12.6. The molecule has 1 aliphatic heterocycles. The minimum atomic E-state index is -5.08. The van der Waals surface area contributed by atoms with Crippen molar-refractivity contribution in [1.82, 2.24) is 20.0 Å². The van der Waals surface area contributed by atoms with Crippen LogP contribution < -0.4 is 4.74 Å². The summed E-state index contributed by atoms with van der Waals surface area (Å²) in [5.74, 6) is -4.50. The monoisotopic (exact) mass is 584 g/mol. The fourth-order valence-electron chi connectivity index (χ4n) is 3.29. The number of alkyl halides is 6. The smallest absolute Gasteiger partial charge is 0.490 e. The third kappa shape index (κ3) is 10.4. The summed E-state index contributed by atoms with van der Waals surface area (Å²) in [6.45, 7) is 6.12. The number of likely N-dealkylation sites (N-methyl/N-ethyl adjacent to an activating group) is 1. The number of nitrogens with zero attached hydrogens (tertiary/aromatic N) is 3. The molecular weight excluding hydrogens is 554 g/mol. The quantitative estimate of drug-likeness (QED) is 0.454. The van der Waals surface area contributed by atoms with E-state index in [2.05, 4.69) is 28.9 Å². The highest BCUT2D eigenvalue weighted by Gasteiger charge is 2.38. The molecule has 0 atom stereocenters. The number of carboxylic acids is 2. The molecule has 0 fully saturated rings. The van der Waals surface area contributed by atoms with Gasteiger partial charge in [0.05, 0.1) is 19.3 Å². The Kier molecular flexibility index (Phi) is 12.4. The van der Waals surface area contributed by atoms with E-state index in [0.29, 0.717) is 12.6 Å². The number of benzene rings is 1. The van der Waals surface area contributed by atoms with E-state index in [0.717, 1.165) is 48.6 Å². The van der Waals surface area contributed by atoms with Crippen LogP contribution in [-0.2, 0) is 27.2 Å². The Morgan fingerprint density at radius 1 is 1.02 bits per heavy atom. The molecule has 10 nitrogen and oxygen atoms in total. The number of carboxylic acid groups (broad SMARTS) is 2. The number of para-hydroxylation sites is 1. The number of carbonyl (C=O) groups excluding carboxylic acids is 1. The van der Waals surface area contributed by atoms with Gasteiger partial charge >= 0.3 is 24.3 Å². The first-order valence-corrected chi connectivity index (χ1v) is 11.7. The summed E-state index contributed by atoms with van der Waals surface area (Å²) in [7, 11) is 3.67. The maximum Gasteiger partial charge on any atom is 0.490 e. The molecule has 3 N–H and O–H groups in total. The Labute approximate surface area is 225 Å². The number of halogens is 6. The number of hydrogen-bond donors (Lipinski definition) is 3. The number of ether oxygens (including phenoxy) is 1. The SMILES string of the molecule is COc1ccccc1-c1n[nH]c2c1CCN(C(=O)CN(C)C(C)C)CC2.O=C(O)C(F)(F)F.O=C(O)C(F)(F)F. The molecule has 1 aliphatic rings. The first kappa shape index (κ1) is 34.2. The number of hydrogen-bond acceptors (Lipinski definition) is 6. The molecule has 2 heterocycles. The number of aromatic nitrogens is 2. The van der Waals surface area contributed by atoms with Crippen LogP contribution in [0.4, 0.5) is 26.3 Å². The van der Waals surface area contributed by atoms with Gasteiger partial charge in [0.15, 0.2) is 0 Å². The summed E-state index contributed by atoms with van der Waals surface area (Å²) in [5.41, 5.74) is 4.25. The number of rotatable bonds is 5. The molecule has 0 saturated heterocycles. The molecule has 0 spiro atoms. The molecule has 16 heteroatoms. The summed E-state index contributed by atoms with van der Waals surface area (Å²) in [6, 6.07) is 8.29. The maximum atomic E-state index is 12.6. The van der Waals surface area contributed by atoms with Crippen LogP contribution in [-0.4, -0.2) is 100 Å². The number of H-pyrrole nitrogens is 1. The zero-order valence-electron chi connectivity index (χ0n) is 22.1. The Hall–Kier alpha value is -3.82. The van der Waals surface area contributed by atoms with Crippen molar-refractivity contribution in [3.8, 4) is 17.0 Å². The van der Waals surface area contributed by atoms with E-state index in [1.807, 2.05) is 36.2 Å². The van der Waals surface area contributed by atoms with Crippen LogP contribution in [0.15, 0.2) is 24.3 Å². The molecule has 1 amide bonds. The summed E-state index contributed by atoms with van der Waals surface area (Å²) in [5, 5.41) is 22.0. The third-order valence-corrected chi connectivity index (χ3v) is 5.68. The Morgan fingerprint density at radius 3 is 2.00 bits per heavy atom. The van der Waals surface area contributed by atoms with Gasteiger partial charge in [-0.25, -0.2) is 9.59 Å². The molecule has 40 heavy (non-hydrogen) atoms. The Morgan fingerprint density at radius 2 is 1.52 bits per heavy atom. The predicted molar refractivity (Wildman–Crippen MR) is 130 cm³/mol. The van der Waals surface area contributed by atoms with Crippen molar-refractivity contribution in [1.29, 1.82) is 0 Å². The van der Waals surface area contributed by atoms with Gasteiger partial charge in [-0.3, -0.25) is 14.8 Å². The van der Waals surface area contributed by atoms with Gasteiger partial charge in [0.25, 0.3) is 0 Å². The lowest BCUT2D eigenvalue weighted by atomic mass is 10.0. The second-order valence-electron chi connectivity index (χ2n) is 8.73. The average molecular weight is 585 g/mol. The fourth-order valence-corrected chi connectivity index (χ4v) is 3.29. The number of amides is 1. The molecule has 1 aromatic carbocycles. The fraction of sp³-hybridized carbons (Fsp3) is 0.500. The van der Waals surface area contributed by atoms with Crippen molar-refractivity contribution in [2.45, 2.75) is 45.1 Å². The van der Waals surface area contributed by atoms with Gasteiger partial charge in [-0.2, -0.15) is 31.4 Å². The van der Waals surface area contributed by atoms with Crippen molar-refractivity contribution >= 4 is 17.8 Å². The molecule has 0 aliphatic carbocycles. The molecule has 0 bridgehead atoms. The minimum Gasteiger partial charge on any atom is -0.496 e. The van der Waals surface area contributed by atoms with E-state index in [9.17, 15) is 31.1 Å². The van der Waals surface area contributed by atoms with Crippen LogP contribution in [0.2, 0.25) is 0 Å². The van der Waals surface area contributed by atoms with Gasteiger partial charge < -0.3 is 19.8 Å². The highest BCUT2D eigenvalue weighted by atomic mass is 19.4. The number of fused-ring (bicyclic) bond motifs is 1. The van der Waals surface area contributed by atoms with Crippen LogP contribution in [0.5, 0.6) is 5.75 Å². The number of aliphatic carboxylic acids is 2. The standard InChI is InChI=1S/C20H28N4O2.2C2HF3O2/c1-14(2)23(3)13-19(25)24-11-9-15-17(10-12-24)21-22-20(15)16-7-5-6-8-18(16)26-4;2*3-2(4,5)1(6)7/h5-8,14H,9-13H2,1-4H3,(H,21,22);2*(H,6,7). The van der Waals surface area contributed by atoms with Crippen LogP contribution in [0.25, 0.3) is 11.3 Å². The molecule has 1 aromatic heterocycles. The summed E-state index contributed by atoms with van der Waals surface area (Å²) < 4.78 is 69.0. The van der Waals surface area contributed by atoms with Crippen molar-refractivity contribution in [2.75, 3.05) is 33.8 Å². The molecule has 224 valence electrons. The van der Waals surface area contributed by atoms with Gasteiger partial charge in [0, 0.05) is 42.4 Å². The highest BCUT2D eigenvalue weighted by Crippen LogP contribution is 2.33. The third-order valence-electron chi connectivity index (χ3n) is 5.68. The van der Waals surface area contributed by atoms with Gasteiger partial charge in [0.1, 0.15) is 5.75 Å². The normalized spacial score (nSPS) is 13.3. The van der Waals surface area contributed by atoms with Gasteiger partial charge in [-0.15, -0.1) is 0 Å². The van der Waals surface area contributed by atoms with Crippen molar-refractivity contribution in [2.24, 2.45) is 0 Å². The average Bonchev–Trinajstić information content (AvgIpc) is 3.13. The molecule has 2 aromatic rings. The lowest BCUT2D eigenvalue weighted by Crippen LogP contribution is -2.42. The predicted octanol–water partition coefficient (Wildman–Crippen LogP) is 3.62. The first-order valence-electron chi connectivity index (χ1n) is 11.7. The van der Waals surface area contributed by atoms with Gasteiger partial charge in [-0.1, -0.05) is 12.1 Å². The molecule has 0 saturated carbocycles. The van der Waals surface area contributed by atoms with Crippen molar-refractivity contribution < 1.29 is 55.7 Å². The zero-order chi connectivity index (χ0) is 30.8. The van der Waals surface area contributed by atoms with Gasteiger partial charge in [-0.05, 0) is 39.4 Å². The lowest BCUT2D eigenvalue weighted by Gasteiger charge is -2.26.